The van der Waals surface area contributed by atoms with Crippen molar-refractivity contribution >= 4 is 5.91 Å². The zero-order valence-electron chi connectivity index (χ0n) is 19.0. The van der Waals surface area contributed by atoms with Gasteiger partial charge in [-0.25, -0.2) is 0 Å². The van der Waals surface area contributed by atoms with E-state index in [4.69, 9.17) is 9.47 Å². The quantitative estimate of drug-likeness (QED) is 0.587. The lowest BCUT2D eigenvalue weighted by Gasteiger charge is -2.35. The molecule has 1 saturated heterocycles. The van der Waals surface area contributed by atoms with Gasteiger partial charge in [-0.15, -0.1) is 0 Å². The van der Waals surface area contributed by atoms with Gasteiger partial charge in [0.1, 0.15) is 11.4 Å². The maximum Gasteiger partial charge on any atom is 0.269 e. The zero-order chi connectivity index (χ0) is 22.7. The molecule has 1 aromatic carbocycles. The minimum atomic E-state index is -0.185. The Morgan fingerprint density at radius 3 is 2.59 bits per heavy atom. The maximum absolute atomic E-state index is 12.9. The van der Waals surface area contributed by atoms with Crippen LogP contribution in [0.15, 0.2) is 30.3 Å². The Hall–Kier alpha value is -3.17. The van der Waals surface area contributed by atoms with Crippen LogP contribution in [0.1, 0.15) is 33.5 Å². The molecule has 1 amide bonds. The molecule has 0 spiro atoms. The molecule has 3 heterocycles. The summed E-state index contributed by atoms with van der Waals surface area (Å²) >= 11 is 0. The van der Waals surface area contributed by atoms with Crippen LogP contribution in [0.3, 0.4) is 0 Å². The van der Waals surface area contributed by atoms with Crippen molar-refractivity contribution in [3.05, 3.63) is 53.0 Å². The van der Waals surface area contributed by atoms with E-state index in [-0.39, 0.29) is 11.9 Å². The molecule has 9 nitrogen and oxygen atoms in total. The first-order chi connectivity index (χ1) is 15.5. The Morgan fingerprint density at radius 2 is 1.97 bits per heavy atom. The molecule has 9 heteroatoms. The number of amides is 1. The average Bonchev–Trinajstić information content (AvgIpc) is 3.39. The highest BCUT2D eigenvalue weighted by Crippen LogP contribution is 2.26. The molecule has 32 heavy (non-hydrogen) atoms. The Morgan fingerprint density at radius 1 is 1.25 bits per heavy atom. The van der Waals surface area contributed by atoms with E-state index in [0.29, 0.717) is 25.5 Å². The van der Waals surface area contributed by atoms with E-state index in [1.54, 1.807) is 13.2 Å². The van der Waals surface area contributed by atoms with E-state index in [0.717, 1.165) is 47.0 Å². The van der Waals surface area contributed by atoms with Crippen LogP contribution in [-0.2, 0) is 11.8 Å². The highest BCUT2D eigenvalue weighted by atomic mass is 16.5. The smallest absolute Gasteiger partial charge is 0.269 e. The molecular formula is C23H30N6O3. The number of nitrogens with zero attached hydrogens (tertiary/aromatic N) is 4. The summed E-state index contributed by atoms with van der Waals surface area (Å²) in [5, 5.41) is 14.7. The topological polar surface area (TPSA) is 97.3 Å². The molecule has 4 rings (SSSR count). The predicted molar refractivity (Wildman–Crippen MR) is 121 cm³/mol. The monoisotopic (exact) mass is 438 g/mol. The Bertz CT molecular complexity index is 1070. The molecule has 0 saturated carbocycles. The molecule has 1 aliphatic rings. The average molecular weight is 439 g/mol. The minimum absolute atomic E-state index is 0.0407. The number of aromatic nitrogens is 4. The highest BCUT2D eigenvalue weighted by Gasteiger charge is 2.24. The van der Waals surface area contributed by atoms with Crippen molar-refractivity contribution in [1.29, 1.82) is 0 Å². The number of benzene rings is 1. The van der Waals surface area contributed by atoms with E-state index in [1.165, 1.54) is 0 Å². The maximum atomic E-state index is 12.9. The van der Waals surface area contributed by atoms with Crippen molar-refractivity contribution in [2.75, 3.05) is 40.0 Å². The Balaban J connectivity index is 1.49. The highest BCUT2D eigenvalue weighted by molar-refractivity contribution is 5.93. The van der Waals surface area contributed by atoms with E-state index >= 15 is 0 Å². The summed E-state index contributed by atoms with van der Waals surface area (Å²) in [4.78, 5) is 15.3. The summed E-state index contributed by atoms with van der Waals surface area (Å²) in [5.74, 6) is 0.624. The Labute approximate surface area is 187 Å². The van der Waals surface area contributed by atoms with Gasteiger partial charge in [-0.2, -0.15) is 10.2 Å². The first-order valence-corrected chi connectivity index (χ1v) is 10.8. The molecule has 2 N–H and O–H groups in total. The van der Waals surface area contributed by atoms with Crippen LogP contribution in [0.2, 0.25) is 0 Å². The van der Waals surface area contributed by atoms with Gasteiger partial charge >= 0.3 is 0 Å². The molecular weight excluding hydrogens is 408 g/mol. The number of carbonyl (C=O) groups is 1. The SMILES string of the molecule is COc1ccc(C(CNC(=O)c2cc(-c3c(C)nn(C)c3C)n[nH]2)N2CCOCC2)cc1. The number of hydrogen-bond acceptors (Lipinski definition) is 6. The lowest BCUT2D eigenvalue weighted by atomic mass is 10.0. The second kappa shape index (κ2) is 9.54. The van der Waals surface area contributed by atoms with Crippen LogP contribution in [0, 0.1) is 13.8 Å². The van der Waals surface area contributed by atoms with Gasteiger partial charge in [0.25, 0.3) is 5.91 Å². The fourth-order valence-corrected chi connectivity index (χ4v) is 4.17. The van der Waals surface area contributed by atoms with Crippen LogP contribution < -0.4 is 10.1 Å². The van der Waals surface area contributed by atoms with Crippen molar-refractivity contribution in [2.24, 2.45) is 7.05 Å². The summed E-state index contributed by atoms with van der Waals surface area (Å²) in [7, 11) is 3.55. The lowest BCUT2D eigenvalue weighted by molar-refractivity contribution is 0.0162. The first-order valence-electron chi connectivity index (χ1n) is 10.8. The molecule has 0 bridgehead atoms. The van der Waals surface area contributed by atoms with Gasteiger partial charge in [0.2, 0.25) is 0 Å². The van der Waals surface area contributed by atoms with Gasteiger partial charge in [0, 0.05) is 37.9 Å². The van der Waals surface area contributed by atoms with Crippen molar-refractivity contribution in [3.8, 4) is 17.0 Å². The van der Waals surface area contributed by atoms with Crippen molar-refractivity contribution in [1.82, 2.24) is 30.2 Å². The Kier molecular flexibility index (Phi) is 6.57. The van der Waals surface area contributed by atoms with Crippen molar-refractivity contribution in [3.63, 3.8) is 0 Å². The molecule has 1 fully saturated rings. The standard InChI is InChI=1S/C23H30N6O3/c1-15-22(16(2)28(3)27-15)19-13-20(26-25-19)23(30)24-14-21(29-9-11-32-12-10-29)17-5-7-18(31-4)8-6-17/h5-8,13,21H,9-12,14H2,1-4H3,(H,24,30)(H,25,26). The van der Waals surface area contributed by atoms with Gasteiger partial charge in [0.15, 0.2) is 0 Å². The first kappa shape index (κ1) is 22.0. The molecule has 2 aromatic heterocycles. The molecule has 0 aliphatic carbocycles. The number of nitrogens with one attached hydrogen (secondary N) is 2. The number of aryl methyl sites for hydroxylation is 2. The van der Waals surface area contributed by atoms with Crippen molar-refractivity contribution < 1.29 is 14.3 Å². The van der Waals surface area contributed by atoms with Gasteiger partial charge in [0.05, 0.1) is 37.8 Å². The third kappa shape index (κ3) is 4.53. The third-order valence-electron chi connectivity index (χ3n) is 6.03. The summed E-state index contributed by atoms with van der Waals surface area (Å²) in [6.45, 7) is 7.43. The summed E-state index contributed by atoms with van der Waals surface area (Å²) in [6.07, 6.45) is 0. The largest absolute Gasteiger partial charge is 0.497 e. The summed E-state index contributed by atoms with van der Waals surface area (Å²) < 4.78 is 12.6. The van der Waals surface area contributed by atoms with E-state index in [1.807, 2.05) is 49.8 Å². The fraction of sp³-hybridized carbons (Fsp3) is 0.435. The van der Waals surface area contributed by atoms with E-state index < -0.39 is 0 Å². The molecule has 1 unspecified atom stereocenters. The molecule has 3 aromatic rings. The number of morpholine rings is 1. The van der Waals surface area contributed by atoms with Gasteiger partial charge in [-0.3, -0.25) is 19.5 Å². The van der Waals surface area contributed by atoms with E-state index in [9.17, 15) is 4.79 Å². The number of hydrogen-bond donors (Lipinski definition) is 2. The number of rotatable bonds is 7. The van der Waals surface area contributed by atoms with Crippen LogP contribution in [-0.4, -0.2) is 70.7 Å². The van der Waals surface area contributed by atoms with Gasteiger partial charge < -0.3 is 14.8 Å². The van der Waals surface area contributed by atoms with E-state index in [2.05, 4.69) is 25.5 Å². The summed E-state index contributed by atoms with van der Waals surface area (Å²) in [5.41, 5.74) is 5.12. The number of methoxy groups -OCH3 is 1. The van der Waals surface area contributed by atoms with Crippen LogP contribution in [0.5, 0.6) is 5.75 Å². The molecule has 1 atom stereocenters. The second-order valence-electron chi connectivity index (χ2n) is 7.98. The second-order valence-corrected chi connectivity index (χ2v) is 7.98. The minimum Gasteiger partial charge on any atom is -0.497 e. The molecule has 170 valence electrons. The third-order valence-corrected chi connectivity index (χ3v) is 6.03. The number of carbonyl (C=O) groups excluding carboxylic acids is 1. The van der Waals surface area contributed by atoms with Crippen LogP contribution in [0.25, 0.3) is 11.3 Å². The number of H-pyrrole nitrogens is 1. The predicted octanol–water partition coefficient (Wildman–Crippen LogP) is 2.24. The fourth-order valence-electron chi connectivity index (χ4n) is 4.17. The van der Waals surface area contributed by atoms with Crippen LogP contribution in [0.4, 0.5) is 0 Å². The normalized spacial score (nSPS) is 15.5. The molecule has 0 radical (unpaired) electrons. The lowest BCUT2D eigenvalue weighted by Crippen LogP contribution is -2.43. The van der Waals surface area contributed by atoms with Gasteiger partial charge in [-0.1, -0.05) is 12.1 Å². The van der Waals surface area contributed by atoms with Crippen LogP contribution >= 0.6 is 0 Å². The number of ether oxygens (including phenoxy) is 2. The summed E-state index contributed by atoms with van der Waals surface area (Å²) in [6, 6.07) is 9.82. The molecule has 1 aliphatic heterocycles. The van der Waals surface area contributed by atoms with Crippen molar-refractivity contribution in [2.45, 2.75) is 19.9 Å². The zero-order valence-corrected chi connectivity index (χ0v) is 19.0. The van der Waals surface area contributed by atoms with Gasteiger partial charge in [-0.05, 0) is 37.6 Å². The number of aromatic amines is 1.